The van der Waals surface area contributed by atoms with E-state index in [1.54, 1.807) is 0 Å². The first-order chi connectivity index (χ1) is 7.88. The first kappa shape index (κ1) is 12.4. The number of carbonyl (C=O) groups is 2. The maximum atomic E-state index is 11.5. The third kappa shape index (κ3) is 2.61. The molecule has 2 rings (SSSR count). The SMILES string of the molecule is CC(C)(C)C1CCC(C2OC(=O)NC2=O)CC1. The molecule has 2 fully saturated rings. The molecule has 1 saturated carbocycles. The van der Waals surface area contributed by atoms with Gasteiger partial charge >= 0.3 is 6.09 Å². The van der Waals surface area contributed by atoms with Crippen molar-refractivity contribution in [2.75, 3.05) is 0 Å². The maximum Gasteiger partial charge on any atom is 0.414 e. The molecule has 1 heterocycles. The average Bonchev–Trinajstić information content (AvgIpc) is 2.57. The summed E-state index contributed by atoms with van der Waals surface area (Å²) < 4.78 is 5.03. The van der Waals surface area contributed by atoms with Crippen LogP contribution in [0.3, 0.4) is 0 Å². The van der Waals surface area contributed by atoms with Crippen LogP contribution in [0.1, 0.15) is 46.5 Å². The van der Waals surface area contributed by atoms with Crippen LogP contribution < -0.4 is 5.32 Å². The second kappa shape index (κ2) is 4.31. The Bertz CT molecular complexity index is 324. The molecule has 0 aromatic carbocycles. The number of alkyl carbamates (subject to hydrolysis) is 1. The highest BCUT2D eigenvalue weighted by atomic mass is 16.6. The van der Waals surface area contributed by atoms with Gasteiger partial charge in [0.2, 0.25) is 0 Å². The van der Waals surface area contributed by atoms with E-state index in [4.69, 9.17) is 4.74 Å². The van der Waals surface area contributed by atoms with Crippen molar-refractivity contribution >= 4 is 12.0 Å². The van der Waals surface area contributed by atoms with Crippen LogP contribution in [0.25, 0.3) is 0 Å². The fraction of sp³-hybridized carbons (Fsp3) is 0.846. The second-order valence-corrected chi connectivity index (χ2v) is 6.29. The summed E-state index contributed by atoms with van der Waals surface area (Å²) in [5, 5.41) is 2.21. The topological polar surface area (TPSA) is 55.4 Å². The normalized spacial score (nSPS) is 34.4. The molecule has 17 heavy (non-hydrogen) atoms. The minimum absolute atomic E-state index is 0.208. The van der Waals surface area contributed by atoms with Gasteiger partial charge in [-0.05, 0) is 37.0 Å². The molecule has 1 unspecified atom stereocenters. The number of amides is 2. The highest BCUT2D eigenvalue weighted by molar-refractivity contribution is 6.00. The molecule has 0 aromatic rings. The van der Waals surface area contributed by atoms with E-state index in [0.29, 0.717) is 11.3 Å². The lowest BCUT2D eigenvalue weighted by Crippen LogP contribution is -2.35. The first-order valence-corrected chi connectivity index (χ1v) is 6.39. The van der Waals surface area contributed by atoms with E-state index in [-0.39, 0.29) is 11.8 Å². The molecule has 0 spiro atoms. The monoisotopic (exact) mass is 239 g/mol. The van der Waals surface area contributed by atoms with Crippen LogP contribution in [-0.4, -0.2) is 18.1 Å². The van der Waals surface area contributed by atoms with E-state index < -0.39 is 12.2 Å². The van der Waals surface area contributed by atoms with Crippen LogP contribution in [0.15, 0.2) is 0 Å². The molecule has 96 valence electrons. The largest absolute Gasteiger partial charge is 0.435 e. The van der Waals surface area contributed by atoms with Crippen LogP contribution in [0.2, 0.25) is 0 Å². The van der Waals surface area contributed by atoms with Gasteiger partial charge in [0.15, 0.2) is 6.10 Å². The zero-order valence-electron chi connectivity index (χ0n) is 10.8. The van der Waals surface area contributed by atoms with Gasteiger partial charge in [-0.3, -0.25) is 10.1 Å². The summed E-state index contributed by atoms with van der Waals surface area (Å²) in [6.45, 7) is 6.79. The Hall–Kier alpha value is -1.06. The number of ether oxygens (including phenoxy) is 1. The molecule has 1 aliphatic carbocycles. The molecule has 1 aliphatic heterocycles. The predicted molar refractivity (Wildman–Crippen MR) is 63.3 cm³/mol. The molecule has 0 bridgehead atoms. The van der Waals surface area contributed by atoms with Gasteiger partial charge in [0.25, 0.3) is 5.91 Å². The molecule has 1 N–H and O–H groups in total. The van der Waals surface area contributed by atoms with Gasteiger partial charge in [-0.1, -0.05) is 20.8 Å². The fourth-order valence-electron chi connectivity index (χ4n) is 2.97. The number of imide groups is 1. The first-order valence-electron chi connectivity index (χ1n) is 6.39. The third-order valence-corrected chi connectivity index (χ3v) is 4.14. The van der Waals surface area contributed by atoms with Crippen LogP contribution in [-0.2, 0) is 9.53 Å². The number of rotatable bonds is 1. The Labute approximate surface area is 102 Å². The molecule has 1 atom stereocenters. The Balaban J connectivity index is 1.91. The molecule has 4 nitrogen and oxygen atoms in total. The highest BCUT2D eigenvalue weighted by Crippen LogP contribution is 2.41. The van der Waals surface area contributed by atoms with Gasteiger partial charge in [-0.25, -0.2) is 4.79 Å². The van der Waals surface area contributed by atoms with Gasteiger partial charge < -0.3 is 4.74 Å². The Kier molecular flexibility index (Phi) is 3.15. The number of cyclic esters (lactones) is 1. The van der Waals surface area contributed by atoms with Crippen molar-refractivity contribution in [1.29, 1.82) is 0 Å². The Morgan fingerprint density at radius 3 is 2.12 bits per heavy atom. The summed E-state index contributed by atoms with van der Waals surface area (Å²) in [5.74, 6) is 0.660. The standard InChI is InChI=1S/C13H21NO3/c1-13(2,3)9-6-4-8(5-7-9)10-11(15)14-12(16)17-10/h8-10H,4-7H2,1-3H3,(H,14,15,16). The second-order valence-electron chi connectivity index (χ2n) is 6.29. The molecule has 0 radical (unpaired) electrons. The van der Waals surface area contributed by atoms with Crippen molar-refractivity contribution < 1.29 is 14.3 Å². The molecular weight excluding hydrogens is 218 g/mol. The predicted octanol–water partition coefficient (Wildman–Crippen LogP) is 2.47. The lowest BCUT2D eigenvalue weighted by Gasteiger charge is -2.37. The summed E-state index contributed by atoms with van der Waals surface area (Å²) in [7, 11) is 0. The van der Waals surface area contributed by atoms with Crippen molar-refractivity contribution in [2.24, 2.45) is 17.3 Å². The molecule has 4 heteroatoms. The minimum Gasteiger partial charge on any atom is -0.435 e. The summed E-state index contributed by atoms with van der Waals surface area (Å²) in [6.07, 6.45) is 3.08. The van der Waals surface area contributed by atoms with E-state index in [9.17, 15) is 9.59 Å². The van der Waals surface area contributed by atoms with Crippen molar-refractivity contribution in [3.8, 4) is 0 Å². The molecule has 2 aliphatic rings. The van der Waals surface area contributed by atoms with Crippen LogP contribution in [0.5, 0.6) is 0 Å². The lowest BCUT2D eigenvalue weighted by molar-refractivity contribution is -0.126. The van der Waals surface area contributed by atoms with Crippen LogP contribution in [0, 0.1) is 17.3 Å². The molecular formula is C13H21NO3. The van der Waals surface area contributed by atoms with Crippen LogP contribution >= 0.6 is 0 Å². The van der Waals surface area contributed by atoms with E-state index in [0.717, 1.165) is 25.7 Å². The molecule has 0 aromatic heterocycles. The number of hydrogen-bond donors (Lipinski definition) is 1. The number of hydrogen-bond acceptors (Lipinski definition) is 3. The zero-order valence-corrected chi connectivity index (χ0v) is 10.8. The van der Waals surface area contributed by atoms with E-state index in [1.165, 1.54) is 0 Å². The summed E-state index contributed by atoms with van der Waals surface area (Å²) >= 11 is 0. The Morgan fingerprint density at radius 2 is 1.71 bits per heavy atom. The summed E-state index contributed by atoms with van der Waals surface area (Å²) in [4.78, 5) is 22.5. The summed E-state index contributed by atoms with van der Waals surface area (Å²) in [6, 6.07) is 0. The number of carbonyl (C=O) groups excluding carboxylic acids is 2. The molecule has 1 saturated heterocycles. The maximum absolute atomic E-state index is 11.5. The van der Waals surface area contributed by atoms with Crippen molar-refractivity contribution in [1.82, 2.24) is 5.32 Å². The van der Waals surface area contributed by atoms with Crippen molar-refractivity contribution in [2.45, 2.75) is 52.6 Å². The van der Waals surface area contributed by atoms with E-state index in [2.05, 4.69) is 26.1 Å². The van der Waals surface area contributed by atoms with Crippen molar-refractivity contribution in [3.05, 3.63) is 0 Å². The minimum atomic E-state index is -0.585. The quantitative estimate of drug-likeness (QED) is 0.764. The molecule has 2 amide bonds. The number of nitrogens with one attached hydrogen (secondary N) is 1. The zero-order chi connectivity index (χ0) is 12.6. The fourth-order valence-corrected chi connectivity index (χ4v) is 2.97. The smallest absolute Gasteiger partial charge is 0.414 e. The average molecular weight is 239 g/mol. The highest BCUT2D eigenvalue weighted by Gasteiger charge is 2.41. The van der Waals surface area contributed by atoms with Gasteiger partial charge in [-0.15, -0.1) is 0 Å². The van der Waals surface area contributed by atoms with Crippen LogP contribution in [0.4, 0.5) is 4.79 Å². The lowest BCUT2D eigenvalue weighted by atomic mass is 9.69. The van der Waals surface area contributed by atoms with Gasteiger partial charge in [-0.2, -0.15) is 0 Å². The van der Waals surface area contributed by atoms with E-state index >= 15 is 0 Å². The van der Waals surface area contributed by atoms with Gasteiger partial charge in [0, 0.05) is 5.92 Å². The summed E-state index contributed by atoms with van der Waals surface area (Å²) in [5.41, 5.74) is 0.333. The Morgan fingerprint density at radius 1 is 1.12 bits per heavy atom. The van der Waals surface area contributed by atoms with Crippen molar-refractivity contribution in [3.63, 3.8) is 0 Å². The van der Waals surface area contributed by atoms with Gasteiger partial charge in [0.1, 0.15) is 0 Å². The van der Waals surface area contributed by atoms with E-state index in [1.807, 2.05) is 0 Å². The van der Waals surface area contributed by atoms with Gasteiger partial charge in [0.05, 0.1) is 0 Å². The third-order valence-electron chi connectivity index (χ3n) is 4.14.